The molecule has 1 heterocycles. The van der Waals surface area contributed by atoms with Crippen LogP contribution in [0.4, 0.5) is 0 Å². The van der Waals surface area contributed by atoms with E-state index in [-0.39, 0.29) is 17.8 Å². The molecule has 0 saturated carbocycles. The monoisotopic (exact) mass is 392 g/mol. The summed E-state index contributed by atoms with van der Waals surface area (Å²) in [5, 5.41) is 3.17. The van der Waals surface area contributed by atoms with Crippen LogP contribution in [0.15, 0.2) is 24.3 Å². The van der Waals surface area contributed by atoms with E-state index in [1.165, 1.54) is 0 Å². The molecule has 1 aliphatic rings. The quantitative estimate of drug-likeness (QED) is 0.437. The summed E-state index contributed by atoms with van der Waals surface area (Å²) in [5.74, 6) is 0.0459. The number of nitrogens with one attached hydrogen (secondary N) is 1. The lowest BCUT2D eigenvalue weighted by Crippen LogP contribution is -2.47. The van der Waals surface area contributed by atoms with E-state index in [0.717, 1.165) is 12.8 Å². The molecule has 0 aromatic heterocycles. The van der Waals surface area contributed by atoms with Crippen molar-refractivity contribution in [2.45, 2.75) is 39.5 Å². The van der Waals surface area contributed by atoms with Crippen LogP contribution in [0.25, 0.3) is 0 Å². The van der Waals surface area contributed by atoms with Gasteiger partial charge in [-0.3, -0.25) is 14.9 Å². The molecule has 1 aromatic rings. The highest BCUT2D eigenvalue weighted by Crippen LogP contribution is 2.20. The first-order valence-corrected chi connectivity index (χ1v) is 9.96. The molecule has 2 rings (SSSR count). The zero-order valence-electron chi connectivity index (χ0n) is 16.0. The van der Waals surface area contributed by atoms with Crippen molar-refractivity contribution in [2.24, 2.45) is 5.92 Å². The van der Waals surface area contributed by atoms with E-state index in [9.17, 15) is 9.59 Å². The Morgan fingerprint density at radius 2 is 1.93 bits per heavy atom. The van der Waals surface area contributed by atoms with Crippen LogP contribution in [0.2, 0.25) is 0 Å². The number of esters is 1. The van der Waals surface area contributed by atoms with E-state index in [1.807, 2.05) is 17.9 Å². The van der Waals surface area contributed by atoms with Crippen molar-refractivity contribution in [1.29, 1.82) is 0 Å². The minimum atomic E-state index is -0.278. The van der Waals surface area contributed by atoms with Gasteiger partial charge >= 0.3 is 5.97 Å². The Labute approximate surface area is 166 Å². The summed E-state index contributed by atoms with van der Waals surface area (Å²) in [6, 6.07) is 7.16. The summed E-state index contributed by atoms with van der Waals surface area (Å²) >= 11 is 5.39. The number of amides is 1. The van der Waals surface area contributed by atoms with E-state index < -0.39 is 0 Å². The molecule has 1 aromatic carbocycles. The first kappa shape index (κ1) is 21.2. The summed E-state index contributed by atoms with van der Waals surface area (Å²) in [7, 11) is 0. The minimum absolute atomic E-state index is 0.0904. The molecule has 6 nitrogen and oxygen atoms in total. The maximum Gasteiger partial charge on any atom is 0.309 e. The molecule has 7 heteroatoms. The summed E-state index contributed by atoms with van der Waals surface area (Å²) < 4.78 is 10.8. The largest absolute Gasteiger partial charge is 0.493 e. The van der Waals surface area contributed by atoms with Gasteiger partial charge in [0.1, 0.15) is 5.75 Å². The molecule has 0 bridgehead atoms. The first-order valence-electron chi connectivity index (χ1n) is 9.55. The Morgan fingerprint density at radius 3 is 2.59 bits per heavy atom. The number of thiocarbonyl (C=S) groups is 1. The third kappa shape index (κ3) is 6.20. The highest BCUT2D eigenvalue weighted by molar-refractivity contribution is 7.80. The summed E-state index contributed by atoms with van der Waals surface area (Å²) in [6.07, 6.45) is 3.31. The third-order valence-electron chi connectivity index (χ3n) is 4.51. The van der Waals surface area contributed by atoms with Crippen LogP contribution >= 0.6 is 12.2 Å². The topological polar surface area (TPSA) is 67.9 Å². The molecule has 0 spiro atoms. The van der Waals surface area contributed by atoms with Gasteiger partial charge in [-0.25, -0.2) is 0 Å². The number of piperidine rings is 1. The van der Waals surface area contributed by atoms with Crippen molar-refractivity contribution >= 4 is 29.2 Å². The second-order valence-corrected chi connectivity index (χ2v) is 6.86. The summed E-state index contributed by atoms with van der Waals surface area (Å²) in [6.45, 7) is 6.11. The number of nitrogens with zero attached hydrogens (tertiary/aromatic N) is 1. The van der Waals surface area contributed by atoms with Crippen LogP contribution in [0.1, 0.15) is 49.9 Å². The van der Waals surface area contributed by atoms with Gasteiger partial charge in [-0.05, 0) is 50.5 Å². The van der Waals surface area contributed by atoms with Gasteiger partial charge < -0.3 is 14.4 Å². The highest BCUT2D eigenvalue weighted by atomic mass is 32.1. The van der Waals surface area contributed by atoms with E-state index >= 15 is 0 Å². The van der Waals surface area contributed by atoms with Gasteiger partial charge in [0, 0.05) is 13.1 Å². The summed E-state index contributed by atoms with van der Waals surface area (Å²) in [5.41, 5.74) is 0.470. The van der Waals surface area contributed by atoms with Crippen molar-refractivity contribution in [1.82, 2.24) is 10.2 Å². The average Bonchev–Trinajstić information content (AvgIpc) is 2.68. The van der Waals surface area contributed by atoms with Crippen molar-refractivity contribution in [3.63, 3.8) is 0 Å². The normalized spacial score (nSPS) is 14.5. The van der Waals surface area contributed by atoms with Gasteiger partial charge in [0.25, 0.3) is 5.91 Å². The van der Waals surface area contributed by atoms with Crippen molar-refractivity contribution in [3.05, 3.63) is 29.8 Å². The molecule has 0 unspecified atom stereocenters. The second kappa shape index (κ2) is 10.9. The van der Waals surface area contributed by atoms with Crippen LogP contribution in [-0.2, 0) is 9.53 Å². The zero-order chi connectivity index (χ0) is 19.6. The number of carbonyl (C=O) groups excluding carboxylic acids is 2. The predicted molar refractivity (Wildman–Crippen MR) is 108 cm³/mol. The number of unbranched alkanes of at least 4 members (excludes halogenated alkanes) is 1. The van der Waals surface area contributed by atoms with E-state index in [2.05, 4.69) is 12.2 Å². The standard InChI is InChI=1S/C20H28N2O4S/c1-3-5-14-26-17-9-7-6-8-16(17)18(23)21-20(27)22-12-10-15(11-13-22)19(24)25-4-2/h6-9,15H,3-5,10-14H2,1-2H3,(H,21,23,27). The molecule has 148 valence electrons. The number of rotatable bonds is 7. The van der Waals surface area contributed by atoms with Crippen LogP contribution < -0.4 is 10.1 Å². The Kier molecular flexibility index (Phi) is 8.51. The lowest BCUT2D eigenvalue weighted by Gasteiger charge is -2.32. The fourth-order valence-corrected chi connectivity index (χ4v) is 3.20. The Hall–Kier alpha value is -2.15. The van der Waals surface area contributed by atoms with E-state index in [1.54, 1.807) is 18.2 Å². The molecule has 1 amide bonds. The van der Waals surface area contributed by atoms with Crippen LogP contribution in [0.5, 0.6) is 5.75 Å². The number of likely N-dealkylation sites (tertiary alicyclic amines) is 1. The maximum absolute atomic E-state index is 12.6. The molecule has 1 aliphatic heterocycles. The van der Waals surface area contributed by atoms with E-state index in [0.29, 0.717) is 55.6 Å². The molecule has 27 heavy (non-hydrogen) atoms. The Bertz CT molecular complexity index is 657. The van der Waals surface area contributed by atoms with Gasteiger partial charge in [-0.2, -0.15) is 0 Å². The van der Waals surface area contributed by atoms with Crippen LogP contribution in [-0.4, -0.2) is 48.2 Å². The van der Waals surface area contributed by atoms with Gasteiger partial charge in [0.2, 0.25) is 0 Å². The number of carbonyl (C=O) groups is 2. The number of ether oxygens (including phenoxy) is 2. The number of benzene rings is 1. The van der Waals surface area contributed by atoms with Gasteiger partial charge in [0.15, 0.2) is 5.11 Å². The molecule has 0 radical (unpaired) electrons. The minimum Gasteiger partial charge on any atom is -0.493 e. The smallest absolute Gasteiger partial charge is 0.309 e. The van der Waals surface area contributed by atoms with Crippen molar-refractivity contribution in [2.75, 3.05) is 26.3 Å². The molecule has 0 aliphatic carbocycles. The first-order chi connectivity index (χ1) is 13.1. The molecule has 1 N–H and O–H groups in total. The fourth-order valence-electron chi connectivity index (χ4n) is 2.93. The molecular formula is C20H28N2O4S. The Morgan fingerprint density at radius 1 is 1.22 bits per heavy atom. The van der Waals surface area contributed by atoms with E-state index in [4.69, 9.17) is 21.7 Å². The molecule has 0 atom stereocenters. The number of hydrogen-bond acceptors (Lipinski definition) is 5. The fraction of sp³-hybridized carbons (Fsp3) is 0.550. The SMILES string of the molecule is CCCCOc1ccccc1C(=O)NC(=S)N1CCC(C(=O)OCC)CC1. The van der Waals surface area contributed by atoms with Gasteiger partial charge in [-0.1, -0.05) is 25.5 Å². The van der Waals surface area contributed by atoms with Crippen molar-refractivity contribution < 1.29 is 19.1 Å². The lowest BCUT2D eigenvalue weighted by molar-refractivity contribution is -0.149. The summed E-state index contributed by atoms with van der Waals surface area (Å²) in [4.78, 5) is 26.4. The second-order valence-electron chi connectivity index (χ2n) is 6.47. The third-order valence-corrected chi connectivity index (χ3v) is 4.87. The maximum atomic E-state index is 12.6. The molecule has 1 fully saturated rings. The number of para-hydroxylation sites is 1. The Balaban J connectivity index is 1.89. The predicted octanol–water partition coefficient (Wildman–Crippen LogP) is 3.16. The van der Waals surface area contributed by atoms with Crippen LogP contribution in [0, 0.1) is 5.92 Å². The van der Waals surface area contributed by atoms with Crippen LogP contribution in [0.3, 0.4) is 0 Å². The average molecular weight is 393 g/mol. The highest BCUT2D eigenvalue weighted by Gasteiger charge is 2.27. The molecule has 1 saturated heterocycles. The van der Waals surface area contributed by atoms with Gasteiger partial charge in [-0.15, -0.1) is 0 Å². The molecular weight excluding hydrogens is 364 g/mol. The van der Waals surface area contributed by atoms with Crippen molar-refractivity contribution in [3.8, 4) is 5.75 Å². The van der Waals surface area contributed by atoms with Gasteiger partial charge in [0.05, 0.1) is 24.7 Å². The lowest BCUT2D eigenvalue weighted by atomic mass is 9.97. The number of hydrogen-bond donors (Lipinski definition) is 1. The zero-order valence-corrected chi connectivity index (χ0v) is 16.8.